The standard InChI is InChI=1S/C18H22O4/c1-4-21-17(19)16(18(20)22-5-2)15-9-8-13-10-12(3)6-7-14(13)11-15/h6-7,10-11,16H,4-5,8-9H2,1-3H3. The van der Waals surface area contributed by atoms with Crippen LogP contribution in [-0.2, 0) is 25.5 Å². The average Bonchev–Trinajstić information content (AvgIpc) is 2.48. The molecule has 0 saturated carbocycles. The van der Waals surface area contributed by atoms with Gasteiger partial charge in [0.25, 0.3) is 0 Å². The lowest BCUT2D eigenvalue weighted by Crippen LogP contribution is -2.30. The Morgan fingerprint density at radius 3 is 2.32 bits per heavy atom. The van der Waals surface area contributed by atoms with E-state index in [1.807, 2.05) is 18.2 Å². The molecule has 0 heterocycles. The summed E-state index contributed by atoms with van der Waals surface area (Å²) in [5.41, 5.74) is 4.29. The summed E-state index contributed by atoms with van der Waals surface area (Å²) in [5, 5.41) is 0. The number of rotatable bonds is 5. The monoisotopic (exact) mass is 302 g/mol. The molecular weight excluding hydrogens is 280 g/mol. The van der Waals surface area contributed by atoms with E-state index in [9.17, 15) is 9.59 Å². The Labute approximate surface area is 131 Å². The van der Waals surface area contributed by atoms with Crippen LogP contribution in [0.3, 0.4) is 0 Å². The maximum Gasteiger partial charge on any atom is 0.324 e. The number of esters is 2. The Morgan fingerprint density at radius 1 is 1.09 bits per heavy atom. The van der Waals surface area contributed by atoms with Crippen molar-refractivity contribution in [3.8, 4) is 0 Å². The molecule has 0 N–H and O–H groups in total. The summed E-state index contributed by atoms with van der Waals surface area (Å²) in [6, 6.07) is 6.20. The van der Waals surface area contributed by atoms with Crippen molar-refractivity contribution in [1.29, 1.82) is 0 Å². The maximum absolute atomic E-state index is 12.2. The van der Waals surface area contributed by atoms with E-state index in [2.05, 4.69) is 13.0 Å². The first-order valence-electron chi connectivity index (χ1n) is 7.70. The summed E-state index contributed by atoms with van der Waals surface area (Å²) in [4.78, 5) is 24.3. The molecule has 0 fully saturated rings. The van der Waals surface area contributed by atoms with E-state index >= 15 is 0 Å². The third-order valence-corrected chi connectivity index (χ3v) is 3.74. The normalized spacial score (nSPS) is 13.4. The zero-order chi connectivity index (χ0) is 16.1. The Kier molecular flexibility index (Phi) is 5.36. The van der Waals surface area contributed by atoms with Crippen LogP contribution < -0.4 is 0 Å². The first kappa shape index (κ1) is 16.3. The van der Waals surface area contributed by atoms with Crippen molar-refractivity contribution in [2.24, 2.45) is 5.92 Å². The van der Waals surface area contributed by atoms with Gasteiger partial charge in [0.1, 0.15) is 0 Å². The van der Waals surface area contributed by atoms with Gasteiger partial charge in [-0.1, -0.05) is 29.8 Å². The van der Waals surface area contributed by atoms with Crippen LogP contribution in [-0.4, -0.2) is 25.2 Å². The lowest BCUT2D eigenvalue weighted by Gasteiger charge is -2.22. The van der Waals surface area contributed by atoms with Gasteiger partial charge < -0.3 is 9.47 Å². The van der Waals surface area contributed by atoms with Gasteiger partial charge in [-0.05, 0) is 50.3 Å². The average molecular weight is 302 g/mol. The third-order valence-electron chi connectivity index (χ3n) is 3.74. The molecule has 22 heavy (non-hydrogen) atoms. The topological polar surface area (TPSA) is 52.6 Å². The highest BCUT2D eigenvalue weighted by Gasteiger charge is 2.34. The molecule has 1 aliphatic rings. The van der Waals surface area contributed by atoms with E-state index < -0.39 is 17.9 Å². The van der Waals surface area contributed by atoms with Gasteiger partial charge in [-0.2, -0.15) is 0 Å². The number of benzene rings is 1. The van der Waals surface area contributed by atoms with Crippen molar-refractivity contribution in [2.45, 2.75) is 33.6 Å². The Morgan fingerprint density at radius 2 is 1.73 bits per heavy atom. The highest BCUT2D eigenvalue weighted by atomic mass is 16.6. The van der Waals surface area contributed by atoms with Gasteiger partial charge in [-0.3, -0.25) is 9.59 Å². The van der Waals surface area contributed by atoms with Crippen molar-refractivity contribution in [3.63, 3.8) is 0 Å². The van der Waals surface area contributed by atoms with Crippen molar-refractivity contribution in [2.75, 3.05) is 13.2 Å². The second-order valence-electron chi connectivity index (χ2n) is 5.36. The van der Waals surface area contributed by atoms with Crippen molar-refractivity contribution in [3.05, 3.63) is 40.5 Å². The number of aryl methyl sites for hydroxylation is 2. The minimum atomic E-state index is -0.950. The zero-order valence-electron chi connectivity index (χ0n) is 13.3. The molecule has 1 aromatic carbocycles. The highest BCUT2D eigenvalue weighted by molar-refractivity contribution is 5.99. The molecule has 1 aliphatic carbocycles. The van der Waals surface area contributed by atoms with E-state index in [0.717, 1.165) is 17.6 Å². The molecule has 0 amide bonds. The predicted octanol–water partition coefficient (Wildman–Crippen LogP) is 3.07. The van der Waals surface area contributed by atoms with E-state index in [4.69, 9.17) is 9.47 Å². The summed E-state index contributed by atoms with van der Waals surface area (Å²) >= 11 is 0. The van der Waals surface area contributed by atoms with Crippen LogP contribution in [0, 0.1) is 12.8 Å². The molecule has 4 heteroatoms. The molecule has 118 valence electrons. The molecule has 0 saturated heterocycles. The summed E-state index contributed by atoms with van der Waals surface area (Å²) in [6.07, 6.45) is 3.41. The van der Waals surface area contributed by atoms with Gasteiger partial charge in [-0.15, -0.1) is 0 Å². The Balaban J connectivity index is 2.33. The molecule has 0 bridgehead atoms. The minimum Gasteiger partial charge on any atom is -0.465 e. The summed E-state index contributed by atoms with van der Waals surface area (Å²) in [6.45, 7) is 6.01. The Bertz CT molecular complexity index is 583. The summed E-state index contributed by atoms with van der Waals surface area (Å²) in [5.74, 6) is -2.00. The van der Waals surface area contributed by atoms with E-state index in [1.54, 1.807) is 13.8 Å². The van der Waals surface area contributed by atoms with E-state index in [1.165, 1.54) is 11.1 Å². The molecule has 4 nitrogen and oxygen atoms in total. The van der Waals surface area contributed by atoms with Crippen LogP contribution in [0.1, 0.15) is 37.0 Å². The first-order valence-corrected chi connectivity index (χ1v) is 7.70. The minimum absolute atomic E-state index is 0.248. The van der Waals surface area contributed by atoms with Gasteiger partial charge in [0.15, 0.2) is 5.92 Å². The molecule has 0 atom stereocenters. The third kappa shape index (κ3) is 3.56. The highest BCUT2D eigenvalue weighted by Crippen LogP contribution is 2.30. The Hall–Kier alpha value is -2.10. The fourth-order valence-electron chi connectivity index (χ4n) is 2.72. The second-order valence-corrected chi connectivity index (χ2v) is 5.36. The lowest BCUT2D eigenvalue weighted by atomic mass is 9.85. The van der Waals surface area contributed by atoms with Gasteiger partial charge in [0.05, 0.1) is 13.2 Å². The largest absolute Gasteiger partial charge is 0.465 e. The van der Waals surface area contributed by atoms with E-state index in [0.29, 0.717) is 6.42 Å². The first-order chi connectivity index (χ1) is 10.6. The fraction of sp³-hybridized carbons (Fsp3) is 0.444. The fourth-order valence-corrected chi connectivity index (χ4v) is 2.72. The predicted molar refractivity (Wildman–Crippen MR) is 84.2 cm³/mol. The zero-order valence-corrected chi connectivity index (χ0v) is 13.3. The quantitative estimate of drug-likeness (QED) is 0.619. The van der Waals surface area contributed by atoms with Crippen molar-refractivity contribution < 1.29 is 19.1 Å². The maximum atomic E-state index is 12.2. The molecule has 0 spiro atoms. The van der Waals surface area contributed by atoms with E-state index in [-0.39, 0.29) is 13.2 Å². The number of carbonyl (C=O) groups is 2. The summed E-state index contributed by atoms with van der Waals surface area (Å²) < 4.78 is 10.1. The molecule has 0 aromatic heterocycles. The number of fused-ring (bicyclic) bond motifs is 1. The van der Waals surface area contributed by atoms with Gasteiger partial charge in [0.2, 0.25) is 0 Å². The molecular formula is C18H22O4. The molecule has 2 rings (SSSR count). The van der Waals surface area contributed by atoms with Crippen LogP contribution in [0.4, 0.5) is 0 Å². The molecule has 1 aromatic rings. The van der Waals surface area contributed by atoms with Gasteiger partial charge >= 0.3 is 11.9 Å². The van der Waals surface area contributed by atoms with Crippen LogP contribution in [0.5, 0.6) is 0 Å². The number of hydrogen-bond donors (Lipinski definition) is 0. The van der Waals surface area contributed by atoms with Gasteiger partial charge in [0, 0.05) is 0 Å². The molecule has 0 radical (unpaired) electrons. The van der Waals surface area contributed by atoms with Crippen LogP contribution in [0.15, 0.2) is 23.8 Å². The van der Waals surface area contributed by atoms with Crippen molar-refractivity contribution in [1.82, 2.24) is 0 Å². The smallest absolute Gasteiger partial charge is 0.324 e. The van der Waals surface area contributed by atoms with Crippen LogP contribution in [0.25, 0.3) is 6.08 Å². The van der Waals surface area contributed by atoms with Gasteiger partial charge in [-0.25, -0.2) is 0 Å². The molecule has 0 unspecified atom stereocenters. The number of carbonyl (C=O) groups excluding carboxylic acids is 2. The second kappa shape index (κ2) is 7.25. The van der Waals surface area contributed by atoms with Crippen LogP contribution in [0.2, 0.25) is 0 Å². The number of ether oxygens (including phenoxy) is 2. The summed E-state index contributed by atoms with van der Waals surface area (Å²) in [7, 11) is 0. The van der Waals surface area contributed by atoms with Crippen molar-refractivity contribution >= 4 is 18.0 Å². The number of hydrogen-bond acceptors (Lipinski definition) is 4. The SMILES string of the molecule is CCOC(=O)C(C(=O)OCC)C1=Cc2ccc(C)cc2CC1. The van der Waals surface area contributed by atoms with Crippen LogP contribution >= 0.6 is 0 Å². The lowest BCUT2D eigenvalue weighted by molar-refractivity contribution is -0.159. The molecule has 0 aliphatic heterocycles.